The van der Waals surface area contributed by atoms with E-state index in [1.807, 2.05) is 30.0 Å². The van der Waals surface area contributed by atoms with E-state index in [2.05, 4.69) is 0 Å². The number of nitrogens with zero attached hydrogens (tertiary/aromatic N) is 1. The molecule has 0 amide bonds. The van der Waals surface area contributed by atoms with Crippen LogP contribution in [-0.2, 0) is 11.3 Å². The van der Waals surface area contributed by atoms with Crippen LogP contribution in [0.5, 0.6) is 5.75 Å². The molecule has 0 atom stereocenters. The van der Waals surface area contributed by atoms with Crippen molar-refractivity contribution in [1.82, 2.24) is 4.90 Å². The summed E-state index contributed by atoms with van der Waals surface area (Å²) in [7, 11) is 0. The molecule has 2 rings (SSSR count). The second-order valence-electron chi connectivity index (χ2n) is 4.02. The molecule has 1 aliphatic heterocycles. The summed E-state index contributed by atoms with van der Waals surface area (Å²) < 4.78 is 5.66. The van der Waals surface area contributed by atoms with Crippen LogP contribution >= 0.6 is 0 Å². The van der Waals surface area contributed by atoms with Crippen molar-refractivity contribution in [1.29, 1.82) is 0 Å². The predicted octanol–water partition coefficient (Wildman–Crippen LogP) is 1.27. The fourth-order valence-electron chi connectivity index (χ4n) is 1.97. The molecule has 1 N–H and O–H groups in total. The van der Waals surface area contributed by atoms with Gasteiger partial charge in [-0.2, -0.15) is 0 Å². The van der Waals surface area contributed by atoms with Crippen LogP contribution in [0, 0.1) is 6.92 Å². The number of carboxylic acid groups (broad SMARTS) is 1. The predicted molar refractivity (Wildman–Crippen MR) is 59.6 cm³/mol. The van der Waals surface area contributed by atoms with E-state index >= 15 is 0 Å². The summed E-state index contributed by atoms with van der Waals surface area (Å²) in [6.45, 7) is 3.91. The van der Waals surface area contributed by atoms with E-state index in [0.29, 0.717) is 19.7 Å². The highest BCUT2D eigenvalue weighted by Gasteiger charge is 2.17. The number of ether oxygens (including phenoxy) is 1. The minimum absolute atomic E-state index is 0.0662. The Labute approximate surface area is 94.4 Å². The molecule has 0 spiro atoms. The number of hydrogen-bond acceptors (Lipinski definition) is 3. The van der Waals surface area contributed by atoms with Crippen LogP contribution in [0.4, 0.5) is 0 Å². The van der Waals surface area contributed by atoms with Crippen LogP contribution in [0.1, 0.15) is 11.1 Å². The maximum Gasteiger partial charge on any atom is 0.317 e. The van der Waals surface area contributed by atoms with Crippen molar-refractivity contribution in [2.45, 2.75) is 13.5 Å². The molecule has 0 radical (unpaired) electrons. The number of benzene rings is 1. The van der Waals surface area contributed by atoms with Crippen LogP contribution in [0.15, 0.2) is 18.2 Å². The number of fused-ring (bicyclic) bond motifs is 1. The second kappa shape index (κ2) is 4.53. The van der Waals surface area contributed by atoms with Gasteiger partial charge in [0.25, 0.3) is 0 Å². The Morgan fingerprint density at radius 1 is 1.56 bits per heavy atom. The standard InChI is InChI=1S/C12H15NO3/c1-9-3-2-4-10-7-13(8-11(14)15)5-6-16-12(9)10/h2-4H,5-8H2,1H3,(H,14,15). The second-order valence-corrected chi connectivity index (χ2v) is 4.02. The van der Waals surface area contributed by atoms with E-state index in [-0.39, 0.29) is 6.54 Å². The molecule has 0 fully saturated rings. The Morgan fingerprint density at radius 3 is 3.12 bits per heavy atom. The van der Waals surface area contributed by atoms with Crippen molar-refractivity contribution < 1.29 is 14.6 Å². The van der Waals surface area contributed by atoms with Crippen molar-refractivity contribution in [2.24, 2.45) is 0 Å². The van der Waals surface area contributed by atoms with E-state index in [4.69, 9.17) is 9.84 Å². The van der Waals surface area contributed by atoms with Gasteiger partial charge in [0.2, 0.25) is 0 Å². The first-order valence-corrected chi connectivity index (χ1v) is 5.32. The first-order valence-electron chi connectivity index (χ1n) is 5.32. The highest BCUT2D eigenvalue weighted by molar-refractivity contribution is 5.69. The van der Waals surface area contributed by atoms with Gasteiger partial charge in [-0.05, 0) is 12.5 Å². The zero-order chi connectivity index (χ0) is 11.5. The number of aryl methyl sites for hydroxylation is 1. The number of para-hydroxylation sites is 1. The molecular formula is C12H15NO3. The molecule has 0 aromatic heterocycles. The normalized spacial score (nSPS) is 16.1. The third-order valence-electron chi connectivity index (χ3n) is 2.70. The quantitative estimate of drug-likeness (QED) is 0.817. The minimum Gasteiger partial charge on any atom is -0.492 e. The summed E-state index contributed by atoms with van der Waals surface area (Å²) in [5.74, 6) is 0.117. The molecule has 86 valence electrons. The van der Waals surface area contributed by atoms with Crippen molar-refractivity contribution in [2.75, 3.05) is 19.7 Å². The van der Waals surface area contributed by atoms with Crippen LogP contribution in [-0.4, -0.2) is 35.7 Å². The fraction of sp³-hybridized carbons (Fsp3) is 0.417. The maximum absolute atomic E-state index is 10.7. The van der Waals surface area contributed by atoms with Crippen molar-refractivity contribution in [3.8, 4) is 5.75 Å². The molecule has 0 saturated heterocycles. The SMILES string of the molecule is Cc1cccc2c1OCCN(CC(=O)O)C2. The number of carboxylic acids is 1. The van der Waals surface area contributed by atoms with E-state index in [1.54, 1.807) is 0 Å². The summed E-state index contributed by atoms with van der Waals surface area (Å²) in [4.78, 5) is 12.6. The average Bonchev–Trinajstić information content (AvgIpc) is 2.39. The highest BCUT2D eigenvalue weighted by Crippen LogP contribution is 2.26. The lowest BCUT2D eigenvalue weighted by Crippen LogP contribution is -2.31. The van der Waals surface area contributed by atoms with E-state index < -0.39 is 5.97 Å². The molecule has 1 heterocycles. The Balaban J connectivity index is 2.21. The molecule has 4 nitrogen and oxygen atoms in total. The minimum atomic E-state index is -0.795. The fourth-order valence-corrected chi connectivity index (χ4v) is 1.97. The summed E-state index contributed by atoms with van der Waals surface area (Å²) in [6, 6.07) is 5.97. The van der Waals surface area contributed by atoms with Gasteiger partial charge in [0, 0.05) is 18.7 Å². The summed E-state index contributed by atoms with van der Waals surface area (Å²) in [6.07, 6.45) is 0. The molecule has 16 heavy (non-hydrogen) atoms. The van der Waals surface area contributed by atoms with Gasteiger partial charge in [-0.1, -0.05) is 18.2 Å². The lowest BCUT2D eigenvalue weighted by Gasteiger charge is -2.16. The van der Waals surface area contributed by atoms with Crippen LogP contribution < -0.4 is 4.74 Å². The van der Waals surface area contributed by atoms with Gasteiger partial charge >= 0.3 is 5.97 Å². The Bertz CT molecular complexity index is 403. The molecule has 4 heteroatoms. The Morgan fingerprint density at radius 2 is 2.38 bits per heavy atom. The molecular weight excluding hydrogens is 206 g/mol. The molecule has 0 unspecified atom stereocenters. The zero-order valence-corrected chi connectivity index (χ0v) is 9.27. The molecule has 0 bridgehead atoms. The first kappa shape index (κ1) is 11.0. The van der Waals surface area contributed by atoms with Crippen molar-refractivity contribution >= 4 is 5.97 Å². The molecule has 1 aromatic rings. The number of carbonyl (C=O) groups is 1. The van der Waals surface area contributed by atoms with E-state index in [1.165, 1.54) is 0 Å². The summed E-state index contributed by atoms with van der Waals surface area (Å²) >= 11 is 0. The monoisotopic (exact) mass is 221 g/mol. The van der Waals surface area contributed by atoms with Gasteiger partial charge < -0.3 is 9.84 Å². The topological polar surface area (TPSA) is 49.8 Å². The van der Waals surface area contributed by atoms with E-state index in [9.17, 15) is 4.79 Å². The van der Waals surface area contributed by atoms with E-state index in [0.717, 1.165) is 16.9 Å². The largest absolute Gasteiger partial charge is 0.492 e. The summed E-state index contributed by atoms with van der Waals surface area (Å²) in [5.41, 5.74) is 2.17. The average molecular weight is 221 g/mol. The van der Waals surface area contributed by atoms with Crippen LogP contribution in [0.2, 0.25) is 0 Å². The smallest absolute Gasteiger partial charge is 0.317 e. The lowest BCUT2D eigenvalue weighted by molar-refractivity contribution is -0.138. The Hall–Kier alpha value is -1.55. The number of hydrogen-bond donors (Lipinski definition) is 1. The maximum atomic E-state index is 10.7. The third kappa shape index (κ3) is 2.33. The lowest BCUT2D eigenvalue weighted by atomic mass is 10.1. The van der Waals surface area contributed by atoms with Gasteiger partial charge in [0.15, 0.2) is 0 Å². The number of rotatable bonds is 2. The molecule has 0 saturated carbocycles. The molecule has 1 aliphatic rings. The zero-order valence-electron chi connectivity index (χ0n) is 9.27. The van der Waals surface area contributed by atoms with Gasteiger partial charge in [-0.3, -0.25) is 9.69 Å². The molecule has 0 aliphatic carbocycles. The van der Waals surface area contributed by atoms with Crippen molar-refractivity contribution in [3.63, 3.8) is 0 Å². The van der Waals surface area contributed by atoms with Crippen LogP contribution in [0.3, 0.4) is 0 Å². The summed E-state index contributed by atoms with van der Waals surface area (Å²) in [5, 5.41) is 8.78. The van der Waals surface area contributed by atoms with Crippen LogP contribution in [0.25, 0.3) is 0 Å². The first-order chi connectivity index (χ1) is 7.66. The van der Waals surface area contributed by atoms with Crippen molar-refractivity contribution in [3.05, 3.63) is 29.3 Å². The van der Waals surface area contributed by atoms with Gasteiger partial charge in [0.05, 0.1) is 6.54 Å². The van der Waals surface area contributed by atoms with Gasteiger partial charge in [-0.25, -0.2) is 0 Å². The Kier molecular flexibility index (Phi) is 3.10. The highest BCUT2D eigenvalue weighted by atomic mass is 16.5. The number of aliphatic carboxylic acids is 1. The van der Waals surface area contributed by atoms with Gasteiger partial charge in [0.1, 0.15) is 12.4 Å². The molecule has 1 aromatic carbocycles. The van der Waals surface area contributed by atoms with Gasteiger partial charge in [-0.15, -0.1) is 0 Å². The third-order valence-corrected chi connectivity index (χ3v) is 2.70.